The number of aromatic nitrogens is 2. The minimum Gasteiger partial charge on any atom is -0.423 e. The Morgan fingerprint density at radius 1 is 1.32 bits per heavy atom. The SMILES string of the molecule is O=C1N2C[C@H](CC[C@H]2c2nnc(C[C@H]3CCNC3)o2)N1OS(=O)(=O)O. The van der Waals surface area contributed by atoms with Gasteiger partial charge in [-0.3, -0.25) is 4.55 Å². The van der Waals surface area contributed by atoms with Crippen LogP contribution in [0.5, 0.6) is 0 Å². The first-order valence-corrected chi connectivity index (χ1v) is 9.57. The van der Waals surface area contributed by atoms with Crippen molar-refractivity contribution in [3.8, 4) is 0 Å². The highest BCUT2D eigenvalue weighted by Gasteiger charge is 2.49. The summed E-state index contributed by atoms with van der Waals surface area (Å²) < 4.78 is 40.8. The van der Waals surface area contributed by atoms with Gasteiger partial charge in [0.1, 0.15) is 6.04 Å². The van der Waals surface area contributed by atoms with Gasteiger partial charge in [0, 0.05) is 13.0 Å². The van der Waals surface area contributed by atoms with Crippen LogP contribution in [0.25, 0.3) is 0 Å². The Bertz CT molecular complexity index is 761. The summed E-state index contributed by atoms with van der Waals surface area (Å²) in [7, 11) is -4.75. The first kappa shape index (κ1) is 16.7. The quantitative estimate of drug-likeness (QED) is 0.677. The van der Waals surface area contributed by atoms with Crippen molar-refractivity contribution in [3.05, 3.63) is 11.8 Å². The summed E-state index contributed by atoms with van der Waals surface area (Å²) in [5, 5.41) is 12.1. The van der Waals surface area contributed by atoms with Crippen LogP contribution in [0.15, 0.2) is 4.42 Å². The molecule has 1 aromatic rings. The zero-order valence-electron chi connectivity index (χ0n) is 13.4. The third kappa shape index (κ3) is 3.34. The van der Waals surface area contributed by atoms with Gasteiger partial charge in [-0.1, -0.05) is 0 Å². The molecule has 3 fully saturated rings. The van der Waals surface area contributed by atoms with Crippen LogP contribution >= 0.6 is 0 Å². The van der Waals surface area contributed by atoms with Crippen molar-refractivity contribution in [2.45, 2.75) is 37.8 Å². The number of fused-ring (bicyclic) bond motifs is 2. The predicted octanol–water partition coefficient (Wildman–Crippen LogP) is -0.103. The van der Waals surface area contributed by atoms with E-state index in [-0.39, 0.29) is 6.54 Å². The third-order valence-electron chi connectivity index (χ3n) is 4.89. The number of nitrogens with zero attached hydrogens (tertiary/aromatic N) is 4. The Balaban J connectivity index is 1.47. The summed E-state index contributed by atoms with van der Waals surface area (Å²) in [6.07, 6.45) is 2.82. The molecule has 0 aromatic carbocycles. The van der Waals surface area contributed by atoms with E-state index < -0.39 is 28.5 Å². The summed E-state index contributed by atoms with van der Waals surface area (Å²) in [6, 6.07) is -1.48. The van der Waals surface area contributed by atoms with E-state index >= 15 is 0 Å². The van der Waals surface area contributed by atoms with Gasteiger partial charge in [0.05, 0.1) is 6.04 Å². The lowest BCUT2D eigenvalue weighted by Gasteiger charge is -2.27. The summed E-state index contributed by atoms with van der Waals surface area (Å²) in [6.45, 7) is 2.19. The number of hydrogen-bond donors (Lipinski definition) is 2. The van der Waals surface area contributed by atoms with E-state index in [1.165, 1.54) is 4.90 Å². The number of hydrogen-bond acceptors (Lipinski definition) is 8. The van der Waals surface area contributed by atoms with Gasteiger partial charge in [-0.25, -0.2) is 4.79 Å². The molecule has 0 radical (unpaired) electrons. The normalized spacial score (nSPS) is 29.6. The minimum absolute atomic E-state index is 0.281. The molecule has 1 aromatic heterocycles. The molecule has 138 valence electrons. The molecular formula is C13H19N5O6S. The lowest BCUT2D eigenvalue weighted by Crippen LogP contribution is -2.35. The average Bonchev–Trinajstić information content (AvgIpc) is 3.26. The first-order valence-electron chi connectivity index (χ1n) is 8.20. The van der Waals surface area contributed by atoms with Gasteiger partial charge in [-0.15, -0.1) is 14.5 Å². The molecule has 25 heavy (non-hydrogen) atoms. The molecule has 12 heteroatoms. The lowest BCUT2D eigenvalue weighted by molar-refractivity contribution is -0.0317. The summed E-state index contributed by atoms with van der Waals surface area (Å²) >= 11 is 0. The molecule has 0 saturated carbocycles. The maximum atomic E-state index is 12.4. The Morgan fingerprint density at radius 2 is 2.16 bits per heavy atom. The molecule has 3 saturated heterocycles. The molecule has 3 aliphatic rings. The van der Waals surface area contributed by atoms with E-state index in [0.29, 0.717) is 42.0 Å². The van der Waals surface area contributed by atoms with E-state index in [9.17, 15) is 13.2 Å². The Labute approximate surface area is 144 Å². The van der Waals surface area contributed by atoms with E-state index in [4.69, 9.17) is 8.97 Å². The highest BCUT2D eigenvalue weighted by molar-refractivity contribution is 7.80. The Morgan fingerprint density at radius 3 is 2.88 bits per heavy atom. The smallest absolute Gasteiger partial charge is 0.418 e. The second-order valence-corrected chi connectivity index (χ2v) is 7.61. The Hall–Kier alpha value is -1.76. The van der Waals surface area contributed by atoms with E-state index in [0.717, 1.165) is 19.5 Å². The fourth-order valence-electron chi connectivity index (χ4n) is 3.71. The third-order valence-corrected chi connectivity index (χ3v) is 5.24. The zero-order valence-corrected chi connectivity index (χ0v) is 14.2. The highest BCUT2D eigenvalue weighted by Crippen LogP contribution is 2.38. The standard InChI is InChI=1S/C13H19N5O6S/c19-13-17-7-9(18(13)24-25(20,21)22)1-2-10(17)12-16-15-11(23-12)5-8-3-4-14-6-8/h8-10,14H,1-7H2,(H,20,21,22)/t8-,9+,10+/m1/s1. The van der Waals surface area contributed by atoms with Crippen LogP contribution in [-0.2, 0) is 21.1 Å². The van der Waals surface area contributed by atoms with Crippen LogP contribution in [0.2, 0.25) is 0 Å². The molecule has 11 nitrogen and oxygen atoms in total. The number of nitrogens with one attached hydrogen (secondary N) is 1. The summed E-state index contributed by atoms with van der Waals surface area (Å²) in [5.41, 5.74) is 0. The van der Waals surface area contributed by atoms with Crippen LogP contribution in [-0.4, -0.2) is 64.8 Å². The summed E-state index contributed by atoms with van der Waals surface area (Å²) in [4.78, 5) is 13.8. The van der Waals surface area contributed by atoms with Gasteiger partial charge in [0.2, 0.25) is 11.8 Å². The van der Waals surface area contributed by atoms with E-state index in [1.54, 1.807) is 0 Å². The average molecular weight is 373 g/mol. The molecule has 2 N–H and O–H groups in total. The number of hydroxylamine groups is 2. The second-order valence-electron chi connectivity index (χ2n) is 6.61. The monoisotopic (exact) mass is 373 g/mol. The fraction of sp³-hybridized carbons (Fsp3) is 0.769. The van der Waals surface area contributed by atoms with Crippen molar-refractivity contribution in [3.63, 3.8) is 0 Å². The largest absolute Gasteiger partial charge is 0.423 e. The van der Waals surface area contributed by atoms with Crippen molar-refractivity contribution < 1.29 is 26.5 Å². The van der Waals surface area contributed by atoms with Crippen LogP contribution in [0.1, 0.15) is 37.1 Å². The number of carbonyl (C=O) groups excluding carboxylic acids is 1. The minimum atomic E-state index is -4.75. The van der Waals surface area contributed by atoms with Crippen molar-refractivity contribution in [2.24, 2.45) is 5.92 Å². The van der Waals surface area contributed by atoms with E-state index in [1.807, 2.05) is 0 Å². The van der Waals surface area contributed by atoms with Crippen molar-refractivity contribution in [1.82, 2.24) is 25.5 Å². The van der Waals surface area contributed by atoms with Gasteiger partial charge in [-0.2, -0.15) is 13.5 Å². The number of amides is 2. The molecule has 0 spiro atoms. The van der Waals surface area contributed by atoms with Gasteiger partial charge in [0.25, 0.3) is 0 Å². The molecule has 3 aliphatic heterocycles. The Kier molecular flexibility index (Phi) is 4.14. The van der Waals surface area contributed by atoms with Gasteiger partial charge in [0.15, 0.2) is 0 Å². The topological polar surface area (TPSA) is 138 Å². The molecule has 0 aliphatic carbocycles. The van der Waals surface area contributed by atoms with Crippen molar-refractivity contribution in [2.75, 3.05) is 19.6 Å². The maximum absolute atomic E-state index is 12.4. The van der Waals surface area contributed by atoms with Gasteiger partial charge in [-0.05, 0) is 38.3 Å². The molecule has 2 amide bonds. The van der Waals surface area contributed by atoms with Gasteiger partial charge >= 0.3 is 16.4 Å². The maximum Gasteiger partial charge on any atom is 0.418 e. The number of rotatable bonds is 5. The van der Waals surface area contributed by atoms with Crippen LogP contribution in [0, 0.1) is 5.92 Å². The molecule has 2 bridgehead atoms. The fourth-order valence-corrected chi connectivity index (χ4v) is 4.10. The van der Waals surface area contributed by atoms with Crippen LogP contribution in [0.4, 0.5) is 4.79 Å². The predicted molar refractivity (Wildman–Crippen MR) is 81.3 cm³/mol. The van der Waals surface area contributed by atoms with Crippen LogP contribution < -0.4 is 5.32 Å². The second kappa shape index (κ2) is 6.20. The summed E-state index contributed by atoms with van der Waals surface area (Å²) in [5.74, 6) is 1.36. The van der Waals surface area contributed by atoms with Crippen LogP contribution in [0.3, 0.4) is 0 Å². The molecule has 0 unspecified atom stereocenters. The number of piperidine rings is 1. The number of urea groups is 1. The highest BCUT2D eigenvalue weighted by atomic mass is 32.3. The number of carbonyl (C=O) groups is 1. The molecule has 4 rings (SSSR count). The van der Waals surface area contributed by atoms with Crippen molar-refractivity contribution in [1.29, 1.82) is 0 Å². The molecular weight excluding hydrogens is 354 g/mol. The van der Waals surface area contributed by atoms with Gasteiger partial charge < -0.3 is 14.6 Å². The van der Waals surface area contributed by atoms with Crippen molar-refractivity contribution >= 4 is 16.4 Å². The molecule has 4 heterocycles. The lowest BCUT2D eigenvalue weighted by atomic mass is 10.0. The van der Waals surface area contributed by atoms with E-state index in [2.05, 4.69) is 19.8 Å². The zero-order chi connectivity index (χ0) is 17.6. The first-order chi connectivity index (χ1) is 11.9. The molecule has 3 atom stereocenters.